The van der Waals surface area contributed by atoms with Gasteiger partial charge in [0.25, 0.3) is 5.56 Å². The Hall–Kier alpha value is -1.89. The molecule has 1 aromatic carbocycles. The first-order valence-corrected chi connectivity index (χ1v) is 11.7. The van der Waals surface area contributed by atoms with Gasteiger partial charge in [0.15, 0.2) is 5.16 Å². The summed E-state index contributed by atoms with van der Waals surface area (Å²) in [5.74, 6) is 0.954. The molecule has 0 amide bonds. The van der Waals surface area contributed by atoms with E-state index in [1.54, 1.807) is 34.4 Å². The second-order valence-corrected chi connectivity index (χ2v) is 9.06. The second-order valence-electron chi connectivity index (χ2n) is 6.19. The van der Waals surface area contributed by atoms with E-state index < -0.39 is 0 Å². The van der Waals surface area contributed by atoms with E-state index in [0.29, 0.717) is 6.54 Å². The van der Waals surface area contributed by atoms with Gasteiger partial charge in [-0.05, 0) is 36.8 Å². The average Bonchev–Trinajstić information content (AvgIpc) is 3.36. The van der Waals surface area contributed by atoms with Crippen molar-refractivity contribution in [3.63, 3.8) is 0 Å². The van der Waals surface area contributed by atoms with Crippen LogP contribution in [0.5, 0.6) is 0 Å². The molecule has 3 heterocycles. The Balaban J connectivity index is 1.57. The van der Waals surface area contributed by atoms with Gasteiger partial charge in [-0.25, -0.2) is 4.98 Å². The summed E-state index contributed by atoms with van der Waals surface area (Å²) in [7, 11) is 0. The number of thiophene rings is 2. The zero-order valence-corrected chi connectivity index (χ0v) is 17.5. The van der Waals surface area contributed by atoms with Crippen molar-refractivity contribution in [1.82, 2.24) is 9.55 Å². The van der Waals surface area contributed by atoms with Crippen LogP contribution < -0.4 is 5.56 Å². The number of aryl methyl sites for hydroxylation is 1. The molecule has 0 radical (unpaired) electrons. The molecule has 0 unspecified atom stereocenters. The van der Waals surface area contributed by atoms with Crippen LogP contribution in [0.4, 0.5) is 0 Å². The zero-order valence-electron chi connectivity index (χ0n) is 15.1. The minimum atomic E-state index is 0.0812. The Morgan fingerprint density at radius 2 is 1.96 bits per heavy atom. The maximum atomic E-state index is 13.1. The van der Waals surface area contributed by atoms with E-state index >= 15 is 0 Å². The van der Waals surface area contributed by atoms with Crippen molar-refractivity contribution in [3.05, 3.63) is 69.1 Å². The highest BCUT2D eigenvalue weighted by Crippen LogP contribution is 2.34. The standard InChI is InChI=1S/C21H20N2OS3/c1-2-23-20(24)18-16(17-11-7-12-25-17)14-27-19(18)22-21(23)26-13-6-10-15-8-4-3-5-9-15/h3-5,7-9,11-12,14H,2,6,10,13H2,1H3. The highest BCUT2D eigenvalue weighted by molar-refractivity contribution is 7.99. The number of hydrogen-bond donors (Lipinski definition) is 0. The van der Waals surface area contributed by atoms with Crippen molar-refractivity contribution in [2.24, 2.45) is 0 Å². The summed E-state index contributed by atoms with van der Waals surface area (Å²) in [6.07, 6.45) is 2.12. The molecular weight excluding hydrogens is 392 g/mol. The summed E-state index contributed by atoms with van der Waals surface area (Å²) in [6, 6.07) is 14.6. The molecular formula is C21H20N2OS3. The Bertz CT molecular complexity index is 1080. The number of thioether (sulfide) groups is 1. The molecule has 138 valence electrons. The van der Waals surface area contributed by atoms with Crippen LogP contribution in [0.1, 0.15) is 18.9 Å². The molecule has 0 aliphatic rings. The molecule has 0 aliphatic heterocycles. The first-order valence-electron chi connectivity index (χ1n) is 9.00. The molecule has 3 nitrogen and oxygen atoms in total. The van der Waals surface area contributed by atoms with Gasteiger partial charge in [-0.2, -0.15) is 0 Å². The number of aromatic nitrogens is 2. The van der Waals surface area contributed by atoms with E-state index in [1.165, 1.54) is 5.56 Å². The maximum Gasteiger partial charge on any atom is 0.263 e. The summed E-state index contributed by atoms with van der Waals surface area (Å²) in [5, 5.41) is 5.71. The Morgan fingerprint density at radius 3 is 2.70 bits per heavy atom. The summed E-state index contributed by atoms with van der Waals surface area (Å²) in [6.45, 7) is 2.66. The van der Waals surface area contributed by atoms with E-state index in [1.807, 2.05) is 29.0 Å². The summed E-state index contributed by atoms with van der Waals surface area (Å²) in [5.41, 5.74) is 2.45. The highest BCUT2D eigenvalue weighted by atomic mass is 32.2. The van der Waals surface area contributed by atoms with Crippen molar-refractivity contribution >= 4 is 44.7 Å². The van der Waals surface area contributed by atoms with E-state index in [0.717, 1.165) is 44.4 Å². The smallest absolute Gasteiger partial charge is 0.263 e. The molecule has 0 saturated heterocycles. The fourth-order valence-electron chi connectivity index (χ4n) is 3.09. The van der Waals surface area contributed by atoms with Gasteiger partial charge in [-0.1, -0.05) is 48.2 Å². The van der Waals surface area contributed by atoms with Crippen molar-refractivity contribution < 1.29 is 0 Å². The third-order valence-corrected chi connectivity index (χ3v) is 7.28. The molecule has 0 aliphatic carbocycles. The van der Waals surface area contributed by atoms with Gasteiger partial charge in [0.2, 0.25) is 0 Å². The minimum Gasteiger partial charge on any atom is -0.287 e. The number of hydrogen-bond acceptors (Lipinski definition) is 5. The molecule has 6 heteroatoms. The lowest BCUT2D eigenvalue weighted by atomic mass is 10.1. The van der Waals surface area contributed by atoms with Crippen molar-refractivity contribution in [3.8, 4) is 10.4 Å². The Labute approximate surface area is 170 Å². The van der Waals surface area contributed by atoms with Crippen LogP contribution in [0, 0.1) is 0 Å². The first-order chi connectivity index (χ1) is 13.3. The molecule has 0 N–H and O–H groups in total. The van der Waals surface area contributed by atoms with E-state index in [4.69, 9.17) is 4.98 Å². The molecule has 0 spiro atoms. The van der Waals surface area contributed by atoms with Gasteiger partial charge in [-0.15, -0.1) is 22.7 Å². The molecule has 0 fully saturated rings. The van der Waals surface area contributed by atoms with Crippen LogP contribution in [-0.4, -0.2) is 15.3 Å². The molecule has 4 rings (SSSR count). The lowest BCUT2D eigenvalue weighted by Crippen LogP contribution is -2.22. The monoisotopic (exact) mass is 412 g/mol. The highest BCUT2D eigenvalue weighted by Gasteiger charge is 2.17. The molecule has 3 aromatic heterocycles. The van der Waals surface area contributed by atoms with Crippen LogP contribution >= 0.6 is 34.4 Å². The summed E-state index contributed by atoms with van der Waals surface area (Å²) >= 11 is 4.91. The Morgan fingerprint density at radius 1 is 1.11 bits per heavy atom. The van der Waals surface area contributed by atoms with E-state index in [2.05, 4.69) is 35.7 Å². The van der Waals surface area contributed by atoms with Crippen LogP contribution in [0.2, 0.25) is 0 Å². The van der Waals surface area contributed by atoms with Gasteiger partial charge in [0.1, 0.15) is 4.83 Å². The topological polar surface area (TPSA) is 34.9 Å². The van der Waals surface area contributed by atoms with Crippen molar-refractivity contribution in [2.45, 2.75) is 31.5 Å². The van der Waals surface area contributed by atoms with Gasteiger partial charge >= 0.3 is 0 Å². The fourth-order valence-corrected chi connectivity index (χ4v) is 5.90. The predicted octanol–water partition coefficient (Wildman–Crippen LogP) is 5.93. The van der Waals surface area contributed by atoms with Crippen molar-refractivity contribution in [2.75, 3.05) is 5.75 Å². The SMILES string of the molecule is CCn1c(SCCCc2ccccc2)nc2scc(-c3cccs3)c2c1=O. The Kier molecular flexibility index (Phi) is 5.76. The molecule has 27 heavy (non-hydrogen) atoms. The maximum absolute atomic E-state index is 13.1. The van der Waals surface area contributed by atoms with E-state index in [-0.39, 0.29) is 5.56 Å². The van der Waals surface area contributed by atoms with Gasteiger partial charge in [0.05, 0.1) is 5.39 Å². The molecule has 0 saturated carbocycles. The zero-order chi connectivity index (χ0) is 18.6. The van der Waals surface area contributed by atoms with Gasteiger partial charge in [-0.3, -0.25) is 9.36 Å². The minimum absolute atomic E-state index is 0.0812. The normalized spacial score (nSPS) is 11.3. The van der Waals surface area contributed by atoms with Gasteiger partial charge in [0, 0.05) is 28.1 Å². The third-order valence-electron chi connectivity index (χ3n) is 4.45. The molecule has 4 aromatic rings. The molecule has 0 atom stereocenters. The fraction of sp³-hybridized carbons (Fsp3) is 0.238. The second kappa shape index (κ2) is 8.42. The van der Waals surface area contributed by atoms with Crippen LogP contribution in [0.3, 0.4) is 0 Å². The summed E-state index contributed by atoms with van der Waals surface area (Å²) < 4.78 is 1.82. The third kappa shape index (κ3) is 3.88. The van der Waals surface area contributed by atoms with Crippen LogP contribution in [0.15, 0.2) is 63.2 Å². The lowest BCUT2D eigenvalue weighted by molar-refractivity contribution is 0.635. The number of rotatable bonds is 7. The van der Waals surface area contributed by atoms with Crippen LogP contribution in [0.25, 0.3) is 20.7 Å². The number of fused-ring (bicyclic) bond motifs is 1. The van der Waals surface area contributed by atoms with Crippen molar-refractivity contribution in [1.29, 1.82) is 0 Å². The molecule has 0 bridgehead atoms. The first kappa shape index (κ1) is 18.5. The largest absolute Gasteiger partial charge is 0.287 e. The quantitative estimate of drug-likeness (QED) is 0.214. The predicted molar refractivity (Wildman–Crippen MR) is 118 cm³/mol. The van der Waals surface area contributed by atoms with Gasteiger partial charge < -0.3 is 0 Å². The average molecular weight is 413 g/mol. The van der Waals surface area contributed by atoms with E-state index in [9.17, 15) is 4.79 Å². The number of nitrogens with zero attached hydrogens (tertiary/aromatic N) is 2. The summed E-state index contributed by atoms with van der Waals surface area (Å²) in [4.78, 5) is 19.9. The number of benzene rings is 1. The van der Waals surface area contributed by atoms with Crippen LogP contribution in [-0.2, 0) is 13.0 Å². The lowest BCUT2D eigenvalue weighted by Gasteiger charge is -2.10.